The van der Waals surface area contributed by atoms with Gasteiger partial charge >= 0.3 is 6.18 Å². The number of halogens is 3. The minimum absolute atomic E-state index is 0.140. The number of piperazine rings is 1. The first kappa shape index (κ1) is 22.0. The van der Waals surface area contributed by atoms with Gasteiger partial charge in [0.1, 0.15) is 4.90 Å². The summed E-state index contributed by atoms with van der Waals surface area (Å²) in [6, 6.07) is 10.5. The van der Waals surface area contributed by atoms with E-state index in [1.165, 1.54) is 29.3 Å². The molecule has 2 aromatic carbocycles. The fourth-order valence-corrected chi connectivity index (χ4v) is 4.80. The van der Waals surface area contributed by atoms with Crippen molar-refractivity contribution in [1.82, 2.24) is 15.2 Å². The first-order valence-corrected chi connectivity index (χ1v) is 11.2. The summed E-state index contributed by atoms with van der Waals surface area (Å²) in [5, 5.41) is 3.59. The highest BCUT2D eigenvalue weighted by Gasteiger charge is 2.36. The van der Waals surface area contributed by atoms with E-state index in [-0.39, 0.29) is 16.0 Å². The lowest BCUT2D eigenvalue weighted by Gasteiger charge is -2.28. The molecule has 0 spiro atoms. The van der Waals surface area contributed by atoms with Crippen molar-refractivity contribution in [2.24, 2.45) is 0 Å². The fraction of sp³-hybridized carbons (Fsp3) is 0.238. The molecule has 7 nitrogen and oxygen atoms in total. The van der Waals surface area contributed by atoms with Gasteiger partial charge in [-0.15, -0.1) is 0 Å². The maximum Gasteiger partial charge on any atom is 0.418 e. The number of fused-ring (bicyclic) bond motifs is 1. The Morgan fingerprint density at radius 3 is 2.50 bits per heavy atom. The third-order valence-electron chi connectivity index (χ3n) is 5.11. The van der Waals surface area contributed by atoms with Crippen LogP contribution in [0.25, 0.3) is 10.9 Å². The summed E-state index contributed by atoms with van der Waals surface area (Å²) in [5.41, 5.74) is -1.92. The number of sulfonamides is 1. The Morgan fingerprint density at radius 1 is 1.06 bits per heavy atom. The van der Waals surface area contributed by atoms with E-state index in [2.05, 4.69) is 10.3 Å². The average molecular weight is 464 g/mol. The Morgan fingerprint density at radius 2 is 1.78 bits per heavy atom. The van der Waals surface area contributed by atoms with E-state index in [0.29, 0.717) is 37.6 Å². The second-order valence-electron chi connectivity index (χ2n) is 7.24. The Bertz CT molecular complexity index is 1270. The number of nitrogens with zero attached hydrogens (tertiary/aromatic N) is 2. The summed E-state index contributed by atoms with van der Waals surface area (Å²) in [6.07, 6.45) is -3.48. The van der Waals surface area contributed by atoms with E-state index >= 15 is 0 Å². The Labute approximate surface area is 182 Å². The number of carbonyl (C=O) groups is 1. The lowest BCUT2D eigenvalue weighted by molar-refractivity contribution is -0.136. The van der Waals surface area contributed by atoms with Gasteiger partial charge in [-0.25, -0.2) is 8.42 Å². The molecule has 0 bridgehead atoms. The van der Waals surface area contributed by atoms with Gasteiger partial charge in [0.15, 0.2) is 0 Å². The molecule has 4 rings (SSSR count). The van der Waals surface area contributed by atoms with Crippen LogP contribution in [-0.4, -0.2) is 50.4 Å². The third kappa shape index (κ3) is 4.39. The van der Waals surface area contributed by atoms with E-state index in [1.54, 1.807) is 18.2 Å². The smallest absolute Gasteiger partial charge is 0.336 e. The molecule has 0 unspecified atom stereocenters. The molecule has 0 saturated carbocycles. The number of pyridine rings is 1. The van der Waals surface area contributed by atoms with Gasteiger partial charge in [0, 0.05) is 43.3 Å². The molecule has 1 aliphatic heterocycles. The van der Waals surface area contributed by atoms with Crippen molar-refractivity contribution in [3.63, 3.8) is 0 Å². The van der Waals surface area contributed by atoms with E-state index in [0.717, 1.165) is 6.07 Å². The number of benzene rings is 2. The predicted octanol–water partition coefficient (Wildman–Crippen LogP) is 3.10. The third-order valence-corrected chi connectivity index (χ3v) is 6.50. The normalized spacial score (nSPS) is 15.0. The number of para-hydroxylation sites is 1. The monoisotopic (exact) mass is 464 g/mol. The molecule has 0 aliphatic carbocycles. The van der Waals surface area contributed by atoms with Gasteiger partial charge in [0.2, 0.25) is 0 Å². The van der Waals surface area contributed by atoms with Gasteiger partial charge in [-0.2, -0.15) is 13.2 Å². The molecule has 1 aromatic heterocycles. The van der Waals surface area contributed by atoms with E-state index < -0.39 is 33.4 Å². The Kier molecular flexibility index (Phi) is 5.78. The zero-order valence-electron chi connectivity index (χ0n) is 16.7. The SMILES string of the molecule is O=C(c1ccc(NS(=O)(=O)c2cccc3cccnc23)c(C(F)(F)F)c1)N1CCNCC1. The van der Waals surface area contributed by atoms with E-state index in [9.17, 15) is 26.4 Å². The molecule has 1 saturated heterocycles. The van der Waals surface area contributed by atoms with Crippen LogP contribution in [0, 0.1) is 0 Å². The first-order chi connectivity index (χ1) is 15.2. The van der Waals surface area contributed by atoms with Crippen molar-refractivity contribution >= 4 is 32.5 Å². The van der Waals surface area contributed by atoms with Crippen LogP contribution in [0.5, 0.6) is 0 Å². The summed E-state index contributed by atoms with van der Waals surface area (Å²) in [6.45, 7) is 1.86. The predicted molar refractivity (Wildman–Crippen MR) is 113 cm³/mol. The number of alkyl halides is 3. The van der Waals surface area contributed by atoms with E-state index in [4.69, 9.17) is 0 Å². The minimum atomic E-state index is -4.88. The molecule has 0 radical (unpaired) electrons. The van der Waals surface area contributed by atoms with Crippen molar-refractivity contribution in [1.29, 1.82) is 0 Å². The molecule has 32 heavy (non-hydrogen) atoms. The minimum Gasteiger partial charge on any atom is -0.336 e. The van der Waals surface area contributed by atoms with Crippen molar-refractivity contribution in [3.8, 4) is 0 Å². The molecule has 11 heteroatoms. The molecule has 3 aromatic rings. The van der Waals surface area contributed by atoms with Crippen molar-refractivity contribution in [2.45, 2.75) is 11.1 Å². The van der Waals surface area contributed by atoms with Crippen LogP contribution in [0.15, 0.2) is 59.6 Å². The molecule has 1 aliphatic rings. The number of hydrogen-bond donors (Lipinski definition) is 2. The zero-order chi connectivity index (χ0) is 22.9. The number of aromatic nitrogens is 1. The largest absolute Gasteiger partial charge is 0.418 e. The molecule has 1 amide bonds. The number of rotatable bonds is 4. The maximum absolute atomic E-state index is 13.8. The molecule has 2 N–H and O–H groups in total. The van der Waals surface area contributed by atoms with Crippen LogP contribution in [0.1, 0.15) is 15.9 Å². The summed E-state index contributed by atoms with van der Waals surface area (Å²) in [7, 11) is -4.39. The molecule has 0 atom stereocenters. The summed E-state index contributed by atoms with van der Waals surface area (Å²) in [5.74, 6) is -0.537. The second kappa shape index (κ2) is 8.40. The highest BCUT2D eigenvalue weighted by molar-refractivity contribution is 7.93. The summed E-state index contributed by atoms with van der Waals surface area (Å²) < 4.78 is 69.3. The Hall–Kier alpha value is -3.18. The number of nitrogens with one attached hydrogen (secondary N) is 2. The van der Waals surface area contributed by atoms with Crippen LogP contribution in [0.4, 0.5) is 18.9 Å². The van der Waals surface area contributed by atoms with Crippen molar-refractivity contribution < 1.29 is 26.4 Å². The average Bonchev–Trinajstić information content (AvgIpc) is 2.78. The number of anilines is 1. The van der Waals surface area contributed by atoms with Crippen LogP contribution in [0.3, 0.4) is 0 Å². The zero-order valence-corrected chi connectivity index (χ0v) is 17.5. The standard InChI is InChI=1S/C21H19F3N4O3S/c22-21(23,24)16-13-15(20(29)28-11-9-25-10-12-28)6-7-17(16)27-32(30,31)18-5-1-3-14-4-2-8-26-19(14)18/h1-8,13,25,27H,9-12H2. The highest BCUT2D eigenvalue weighted by atomic mass is 32.2. The fourth-order valence-electron chi connectivity index (χ4n) is 3.54. The van der Waals surface area contributed by atoms with Crippen LogP contribution in [-0.2, 0) is 16.2 Å². The van der Waals surface area contributed by atoms with Crippen LogP contribution < -0.4 is 10.0 Å². The number of amides is 1. The number of hydrogen-bond acceptors (Lipinski definition) is 5. The van der Waals surface area contributed by atoms with Gasteiger partial charge in [0.25, 0.3) is 15.9 Å². The van der Waals surface area contributed by atoms with Gasteiger partial charge in [-0.05, 0) is 30.3 Å². The van der Waals surface area contributed by atoms with Crippen molar-refractivity contribution in [3.05, 3.63) is 65.9 Å². The second-order valence-corrected chi connectivity index (χ2v) is 8.89. The van der Waals surface area contributed by atoms with Crippen LogP contribution in [0.2, 0.25) is 0 Å². The van der Waals surface area contributed by atoms with Gasteiger partial charge in [-0.1, -0.05) is 18.2 Å². The van der Waals surface area contributed by atoms with Crippen LogP contribution >= 0.6 is 0 Å². The Balaban J connectivity index is 1.72. The van der Waals surface area contributed by atoms with E-state index in [1.807, 2.05) is 4.72 Å². The lowest BCUT2D eigenvalue weighted by Crippen LogP contribution is -2.46. The number of carbonyl (C=O) groups excluding carboxylic acids is 1. The summed E-state index contributed by atoms with van der Waals surface area (Å²) >= 11 is 0. The summed E-state index contributed by atoms with van der Waals surface area (Å²) in [4.78, 5) is 17.9. The topological polar surface area (TPSA) is 91.4 Å². The van der Waals surface area contributed by atoms with Gasteiger partial charge in [0.05, 0.1) is 16.8 Å². The van der Waals surface area contributed by atoms with Gasteiger partial charge in [-0.3, -0.25) is 14.5 Å². The quantitative estimate of drug-likeness (QED) is 0.619. The lowest BCUT2D eigenvalue weighted by atomic mass is 10.1. The maximum atomic E-state index is 13.8. The molecule has 1 fully saturated rings. The molecule has 168 valence electrons. The highest BCUT2D eigenvalue weighted by Crippen LogP contribution is 2.37. The molecular weight excluding hydrogens is 445 g/mol. The van der Waals surface area contributed by atoms with Gasteiger partial charge < -0.3 is 10.2 Å². The van der Waals surface area contributed by atoms with Crippen molar-refractivity contribution in [2.75, 3.05) is 30.9 Å². The molecule has 2 heterocycles. The molecular formula is C21H19F3N4O3S. The first-order valence-electron chi connectivity index (χ1n) is 9.75.